The molecule has 17 heavy (non-hydrogen) atoms. The molecule has 0 fully saturated rings. The van der Waals surface area contributed by atoms with E-state index in [1.165, 1.54) is 0 Å². The SMILES string of the molecule is CCc1nc(CNCCC(C)(C)C(=O)O)cs1. The van der Waals surface area contributed by atoms with Crippen LogP contribution in [0.15, 0.2) is 5.38 Å². The quantitative estimate of drug-likeness (QED) is 0.735. The molecule has 0 unspecified atom stereocenters. The minimum Gasteiger partial charge on any atom is -0.481 e. The standard InChI is InChI=1S/C12H20N2O2S/c1-4-10-14-9(8-17-10)7-13-6-5-12(2,3)11(15)16/h8,13H,4-7H2,1-3H3,(H,15,16). The summed E-state index contributed by atoms with van der Waals surface area (Å²) in [5, 5.41) is 15.4. The van der Waals surface area contributed by atoms with Gasteiger partial charge in [-0.1, -0.05) is 6.92 Å². The smallest absolute Gasteiger partial charge is 0.309 e. The number of hydrogen-bond acceptors (Lipinski definition) is 4. The van der Waals surface area contributed by atoms with Crippen molar-refractivity contribution in [3.8, 4) is 0 Å². The molecular weight excluding hydrogens is 236 g/mol. The summed E-state index contributed by atoms with van der Waals surface area (Å²) in [6.45, 7) is 6.99. The Bertz CT molecular complexity index is 374. The first-order chi connectivity index (χ1) is 7.95. The van der Waals surface area contributed by atoms with Gasteiger partial charge in [0.2, 0.25) is 0 Å². The molecular formula is C12H20N2O2S. The molecule has 0 aromatic carbocycles. The van der Waals surface area contributed by atoms with Gasteiger partial charge in [0.25, 0.3) is 0 Å². The van der Waals surface area contributed by atoms with E-state index in [-0.39, 0.29) is 0 Å². The second-order valence-corrected chi connectivity index (χ2v) is 5.64. The highest BCUT2D eigenvalue weighted by Gasteiger charge is 2.26. The molecule has 1 aromatic rings. The fraction of sp³-hybridized carbons (Fsp3) is 0.667. The molecule has 5 heteroatoms. The largest absolute Gasteiger partial charge is 0.481 e. The summed E-state index contributed by atoms with van der Waals surface area (Å²) < 4.78 is 0. The van der Waals surface area contributed by atoms with Crippen molar-refractivity contribution in [2.75, 3.05) is 6.54 Å². The van der Waals surface area contributed by atoms with Crippen LogP contribution in [0.2, 0.25) is 0 Å². The van der Waals surface area contributed by atoms with Crippen LogP contribution in [0.4, 0.5) is 0 Å². The number of rotatable bonds is 7. The lowest BCUT2D eigenvalue weighted by Gasteiger charge is -2.18. The van der Waals surface area contributed by atoms with Crippen LogP contribution in [0.5, 0.6) is 0 Å². The second kappa shape index (κ2) is 6.12. The third kappa shape index (κ3) is 4.44. The van der Waals surface area contributed by atoms with Crippen LogP contribution in [-0.4, -0.2) is 22.6 Å². The van der Waals surface area contributed by atoms with E-state index in [1.54, 1.807) is 25.2 Å². The predicted octanol–water partition coefficient (Wildman–Crippen LogP) is 2.30. The maximum Gasteiger partial charge on any atom is 0.309 e. The molecule has 1 heterocycles. The maximum absolute atomic E-state index is 10.9. The van der Waals surface area contributed by atoms with E-state index in [1.807, 2.05) is 5.38 Å². The molecule has 4 nitrogen and oxygen atoms in total. The van der Waals surface area contributed by atoms with Crippen molar-refractivity contribution in [1.29, 1.82) is 0 Å². The molecule has 0 atom stereocenters. The van der Waals surface area contributed by atoms with Gasteiger partial charge in [-0.2, -0.15) is 0 Å². The highest BCUT2D eigenvalue weighted by Crippen LogP contribution is 2.19. The molecule has 0 saturated heterocycles. The zero-order valence-electron chi connectivity index (χ0n) is 10.6. The normalized spacial score (nSPS) is 11.7. The van der Waals surface area contributed by atoms with Crippen molar-refractivity contribution in [2.24, 2.45) is 5.41 Å². The van der Waals surface area contributed by atoms with Crippen LogP contribution in [0.1, 0.15) is 37.9 Å². The minimum atomic E-state index is -0.749. The lowest BCUT2D eigenvalue weighted by atomic mass is 9.90. The fourth-order valence-electron chi connectivity index (χ4n) is 1.32. The van der Waals surface area contributed by atoms with Crippen molar-refractivity contribution in [2.45, 2.75) is 40.2 Å². The maximum atomic E-state index is 10.9. The van der Waals surface area contributed by atoms with Crippen LogP contribution in [-0.2, 0) is 17.8 Å². The van der Waals surface area contributed by atoms with Gasteiger partial charge in [0.05, 0.1) is 16.1 Å². The van der Waals surface area contributed by atoms with Crippen LogP contribution in [0.3, 0.4) is 0 Å². The van der Waals surface area contributed by atoms with Gasteiger partial charge < -0.3 is 10.4 Å². The number of nitrogens with one attached hydrogen (secondary N) is 1. The molecule has 1 rings (SSSR count). The summed E-state index contributed by atoms with van der Waals surface area (Å²) in [6, 6.07) is 0. The van der Waals surface area contributed by atoms with Crippen molar-refractivity contribution in [1.82, 2.24) is 10.3 Å². The monoisotopic (exact) mass is 256 g/mol. The van der Waals surface area contributed by atoms with Gasteiger partial charge >= 0.3 is 5.97 Å². The molecule has 0 aliphatic heterocycles. The van der Waals surface area contributed by atoms with E-state index in [0.29, 0.717) is 19.5 Å². The van der Waals surface area contributed by atoms with E-state index in [0.717, 1.165) is 17.1 Å². The lowest BCUT2D eigenvalue weighted by molar-refractivity contribution is -0.147. The third-order valence-electron chi connectivity index (χ3n) is 2.71. The summed E-state index contributed by atoms with van der Waals surface area (Å²) in [5.41, 5.74) is 0.379. The van der Waals surface area contributed by atoms with Crippen LogP contribution in [0.25, 0.3) is 0 Å². The van der Waals surface area contributed by atoms with E-state index in [9.17, 15) is 4.79 Å². The van der Waals surface area contributed by atoms with Gasteiger partial charge in [0.1, 0.15) is 0 Å². The molecule has 0 amide bonds. The summed E-state index contributed by atoms with van der Waals surface area (Å²) in [5.74, 6) is -0.749. The average molecular weight is 256 g/mol. The number of aliphatic carboxylic acids is 1. The first-order valence-corrected chi connectivity index (χ1v) is 6.71. The van der Waals surface area contributed by atoms with Crippen LogP contribution in [0, 0.1) is 5.41 Å². The molecule has 0 radical (unpaired) electrons. The van der Waals surface area contributed by atoms with Crippen LogP contribution < -0.4 is 5.32 Å². The zero-order valence-corrected chi connectivity index (χ0v) is 11.4. The van der Waals surface area contributed by atoms with Gasteiger partial charge in [-0.15, -0.1) is 11.3 Å². The van der Waals surface area contributed by atoms with Gasteiger partial charge in [-0.25, -0.2) is 4.98 Å². The molecule has 0 saturated carbocycles. The summed E-state index contributed by atoms with van der Waals surface area (Å²) in [6.07, 6.45) is 1.59. The molecule has 2 N–H and O–H groups in total. The molecule has 0 bridgehead atoms. The van der Waals surface area contributed by atoms with Gasteiger partial charge in [0.15, 0.2) is 0 Å². The number of hydrogen-bond donors (Lipinski definition) is 2. The number of nitrogens with zero attached hydrogens (tertiary/aromatic N) is 1. The van der Waals surface area contributed by atoms with Crippen molar-refractivity contribution >= 4 is 17.3 Å². The van der Waals surface area contributed by atoms with Gasteiger partial charge in [0, 0.05) is 11.9 Å². The topological polar surface area (TPSA) is 62.2 Å². The highest BCUT2D eigenvalue weighted by molar-refractivity contribution is 7.09. The number of carbonyl (C=O) groups is 1. The molecule has 0 aliphatic rings. The Kier molecular flexibility index (Phi) is 5.08. The van der Waals surface area contributed by atoms with Crippen molar-refractivity contribution < 1.29 is 9.90 Å². The number of thiazole rings is 1. The van der Waals surface area contributed by atoms with E-state index in [2.05, 4.69) is 17.2 Å². The number of aromatic nitrogens is 1. The van der Waals surface area contributed by atoms with E-state index >= 15 is 0 Å². The minimum absolute atomic E-state index is 0.618. The van der Waals surface area contributed by atoms with Crippen molar-refractivity contribution in [3.05, 3.63) is 16.1 Å². The molecule has 0 spiro atoms. The highest BCUT2D eigenvalue weighted by atomic mass is 32.1. The third-order valence-corrected chi connectivity index (χ3v) is 3.76. The van der Waals surface area contributed by atoms with Crippen LogP contribution >= 0.6 is 11.3 Å². The molecule has 1 aromatic heterocycles. The summed E-state index contributed by atoms with van der Waals surface area (Å²) in [7, 11) is 0. The fourth-order valence-corrected chi connectivity index (χ4v) is 2.06. The summed E-state index contributed by atoms with van der Waals surface area (Å²) >= 11 is 1.67. The van der Waals surface area contributed by atoms with Gasteiger partial charge in [-0.3, -0.25) is 4.79 Å². The zero-order chi connectivity index (χ0) is 12.9. The van der Waals surface area contributed by atoms with Crippen molar-refractivity contribution in [3.63, 3.8) is 0 Å². The Morgan fingerprint density at radius 1 is 1.59 bits per heavy atom. The molecule has 96 valence electrons. The number of carboxylic acid groups (broad SMARTS) is 1. The summed E-state index contributed by atoms with van der Waals surface area (Å²) in [4.78, 5) is 15.3. The second-order valence-electron chi connectivity index (χ2n) is 4.70. The Labute approximate surface area is 106 Å². The molecule has 0 aliphatic carbocycles. The average Bonchev–Trinajstić information content (AvgIpc) is 2.72. The lowest BCUT2D eigenvalue weighted by Crippen LogP contribution is -2.28. The Hall–Kier alpha value is -0.940. The predicted molar refractivity (Wildman–Crippen MR) is 69.2 cm³/mol. The first-order valence-electron chi connectivity index (χ1n) is 5.83. The Morgan fingerprint density at radius 3 is 2.82 bits per heavy atom. The number of carboxylic acids is 1. The Morgan fingerprint density at radius 2 is 2.29 bits per heavy atom. The first kappa shape index (κ1) is 14.1. The Balaban J connectivity index is 2.27. The van der Waals surface area contributed by atoms with E-state index in [4.69, 9.17) is 5.11 Å². The van der Waals surface area contributed by atoms with Gasteiger partial charge in [-0.05, 0) is 33.2 Å². The van der Waals surface area contributed by atoms with E-state index < -0.39 is 11.4 Å². The number of aryl methyl sites for hydroxylation is 1.